The maximum Gasteiger partial charge on any atom is 0.325 e. The van der Waals surface area contributed by atoms with Gasteiger partial charge in [-0.3, -0.25) is 14.5 Å². The van der Waals surface area contributed by atoms with Crippen LogP contribution in [-0.2, 0) is 22.4 Å². The molecule has 7 nitrogen and oxygen atoms in total. The molecule has 0 unspecified atom stereocenters. The van der Waals surface area contributed by atoms with Crippen LogP contribution < -0.4 is 5.32 Å². The third kappa shape index (κ3) is 5.62. The number of urea groups is 1. The number of amides is 4. The van der Waals surface area contributed by atoms with Gasteiger partial charge in [-0.05, 0) is 69.3 Å². The molecular weight excluding hydrogens is 452 g/mol. The van der Waals surface area contributed by atoms with Crippen molar-refractivity contribution in [1.82, 2.24) is 20.0 Å². The normalized spacial score (nSPS) is 20.8. The van der Waals surface area contributed by atoms with E-state index in [0.29, 0.717) is 58.3 Å². The molecule has 2 heterocycles. The molecule has 192 valence electrons. The molecule has 4 amide bonds. The number of hydrogen-bond acceptors (Lipinski definition) is 4. The number of carbonyl (C=O) groups excluding carboxylic acids is 3. The van der Waals surface area contributed by atoms with Crippen LogP contribution in [0.4, 0.5) is 4.79 Å². The van der Waals surface area contributed by atoms with Crippen LogP contribution in [0.3, 0.4) is 0 Å². The second-order valence-electron chi connectivity index (χ2n) is 10.4. The fourth-order valence-electron chi connectivity index (χ4n) is 5.49. The maximum atomic E-state index is 13.8. The van der Waals surface area contributed by atoms with E-state index in [4.69, 9.17) is 0 Å². The SMILES string of the molecule is Cc1ccccc1CC(=O)N1CCC([C@]2(CCc3ccccc3)NC(=O)N(CCN(C)C)C2=O)CC1. The number of nitrogens with zero attached hydrogens (tertiary/aromatic N) is 3. The van der Waals surface area contributed by atoms with Gasteiger partial charge in [0.25, 0.3) is 5.91 Å². The standard InChI is InChI=1S/C29H38N4O3/c1-22-9-7-8-12-24(22)21-26(34)32-17-14-25(15-18-32)29(16-13-23-10-5-4-6-11-23)27(35)33(28(36)30-29)20-19-31(2)3/h4-12,25H,13-21H2,1-3H3,(H,30,36)/t29-/m0/s1. The predicted octanol–water partition coefficient (Wildman–Crippen LogP) is 3.26. The highest BCUT2D eigenvalue weighted by Crippen LogP contribution is 2.37. The Bertz CT molecular complexity index is 1080. The summed E-state index contributed by atoms with van der Waals surface area (Å²) in [6, 6.07) is 17.8. The first-order valence-corrected chi connectivity index (χ1v) is 12.9. The van der Waals surface area contributed by atoms with Crippen LogP contribution in [0.2, 0.25) is 0 Å². The van der Waals surface area contributed by atoms with Gasteiger partial charge in [-0.15, -0.1) is 0 Å². The molecule has 2 aliphatic rings. The van der Waals surface area contributed by atoms with E-state index in [0.717, 1.165) is 16.7 Å². The van der Waals surface area contributed by atoms with Crippen molar-refractivity contribution in [3.63, 3.8) is 0 Å². The molecule has 2 aromatic rings. The minimum Gasteiger partial charge on any atom is -0.342 e. The fraction of sp³-hybridized carbons (Fsp3) is 0.483. The first kappa shape index (κ1) is 25.9. The molecule has 0 bridgehead atoms. The number of piperidine rings is 1. The Balaban J connectivity index is 1.47. The summed E-state index contributed by atoms with van der Waals surface area (Å²) in [4.78, 5) is 45.1. The topological polar surface area (TPSA) is 73.0 Å². The highest BCUT2D eigenvalue weighted by atomic mass is 16.2. The zero-order valence-electron chi connectivity index (χ0n) is 21.7. The van der Waals surface area contributed by atoms with Crippen molar-refractivity contribution in [3.05, 3.63) is 71.3 Å². The number of rotatable bonds is 9. The van der Waals surface area contributed by atoms with Gasteiger partial charge in [0, 0.05) is 26.2 Å². The number of likely N-dealkylation sites (N-methyl/N-ethyl adjacent to an activating group) is 1. The van der Waals surface area contributed by atoms with E-state index < -0.39 is 5.54 Å². The number of nitrogens with one attached hydrogen (secondary N) is 1. The molecule has 0 saturated carbocycles. The van der Waals surface area contributed by atoms with E-state index in [1.54, 1.807) is 0 Å². The molecule has 2 fully saturated rings. The largest absolute Gasteiger partial charge is 0.342 e. The average Bonchev–Trinajstić information content (AvgIpc) is 3.13. The summed E-state index contributed by atoms with van der Waals surface area (Å²) < 4.78 is 0. The van der Waals surface area contributed by atoms with Crippen molar-refractivity contribution in [2.24, 2.45) is 5.92 Å². The molecule has 2 aliphatic heterocycles. The summed E-state index contributed by atoms with van der Waals surface area (Å²) in [6.45, 7) is 4.23. The van der Waals surface area contributed by atoms with Gasteiger partial charge in [-0.1, -0.05) is 54.6 Å². The molecule has 36 heavy (non-hydrogen) atoms. The highest BCUT2D eigenvalue weighted by molar-refractivity contribution is 6.07. The minimum atomic E-state index is -0.926. The van der Waals surface area contributed by atoms with Gasteiger partial charge >= 0.3 is 6.03 Å². The smallest absolute Gasteiger partial charge is 0.325 e. The molecule has 2 aromatic carbocycles. The minimum absolute atomic E-state index is 0.00969. The van der Waals surface area contributed by atoms with E-state index in [2.05, 4.69) is 17.4 Å². The van der Waals surface area contributed by atoms with Crippen LogP contribution in [0.1, 0.15) is 36.0 Å². The zero-order chi connectivity index (χ0) is 25.7. The Morgan fingerprint density at radius 2 is 1.69 bits per heavy atom. The van der Waals surface area contributed by atoms with Gasteiger partial charge in [-0.2, -0.15) is 0 Å². The Morgan fingerprint density at radius 1 is 1.03 bits per heavy atom. The summed E-state index contributed by atoms with van der Waals surface area (Å²) in [6.07, 6.45) is 3.05. The van der Waals surface area contributed by atoms with Gasteiger partial charge in [0.1, 0.15) is 5.54 Å². The van der Waals surface area contributed by atoms with E-state index >= 15 is 0 Å². The molecule has 0 spiro atoms. The van der Waals surface area contributed by atoms with Crippen molar-refractivity contribution in [2.75, 3.05) is 40.3 Å². The lowest BCUT2D eigenvalue weighted by molar-refractivity contribution is -0.136. The first-order chi connectivity index (χ1) is 17.3. The summed E-state index contributed by atoms with van der Waals surface area (Å²) in [5.41, 5.74) is 2.40. The lowest BCUT2D eigenvalue weighted by Crippen LogP contribution is -2.57. The Morgan fingerprint density at radius 3 is 2.36 bits per heavy atom. The van der Waals surface area contributed by atoms with Crippen LogP contribution in [-0.4, -0.2) is 78.4 Å². The number of benzene rings is 2. The molecule has 0 radical (unpaired) electrons. The molecule has 4 rings (SSSR count). The van der Waals surface area contributed by atoms with Gasteiger partial charge < -0.3 is 15.1 Å². The summed E-state index contributed by atoms with van der Waals surface area (Å²) in [7, 11) is 3.87. The zero-order valence-corrected chi connectivity index (χ0v) is 21.7. The van der Waals surface area contributed by atoms with Crippen LogP contribution in [0.15, 0.2) is 54.6 Å². The van der Waals surface area contributed by atoms with Crippen molar-refractivity contribution >= 4 is 17.8 Å². The lowest BCUT2D eigenvalue weighted by Gasteiger charge is -2.41. The summed E-state index contributed by atoms with van der Waals surface area (Å²) >= 11 is 0. The Labute approximate surface area is 214 Å². The number of hydrogen-bond donors (Lipinski definition) is 1. The highest BCUT2D eigenvalue weighted by Gasteiger charge is 2.55. The Hall–Kier alpha value is -3.19. The van der Waals surface area contributed by atoms with Crippen LogP contribution in [0, 0.1) is 12.8 Å². The van der Waals surface area contributed by atoms with Crippen molar-refractivity contribution in [2.45, 2.75) is 44.6 Å². The van der Waals surface area contributed by atoms with Crippen molar-refractivity contribution in [1.29, 1.82) is 0 Å². The predicted molar refractivity (Wildman–Crippen MR) is 140 cm³/mol. The number of carbonyl (C=O) groups is 3. The second kappa shape index (κ2) is 11.2. The van der Waals surface area contributed by atoms with Crippen molar-refractivity contribution < 1.29 is 14.4 Å². The summed E-state index contributed by atoms with van der Waals surface area (Å²) in [5.74, 6) is -0.00465. The monoisotopic (exact) mass is 490 g/mol. The van der Waals surface area contributed by atoms with E-state index in [9.17, 15) is 14.4 Å². The van der Waals surface area contributed by atoms with E-state index in [1.165, 1.54) is 4.90 Å². The van der Waals surface area contributed by atoms with E-state index in [1.807, 2.05) is 73.3 Å². The van der Waals surface area contributed by atoms with E-state index in [-0.39, 0.29) is 23.8 Å². The first-order valence-electron chi connectivity index (χ1n) is 12.9. The molecule has 0 aromatic heterocycles. The summed E-state index contributed by atoms with van der Waals surface area (Å²) in [5, 5.41) is 3.14. The van der Waals surface area contributed by atoms with Gasteiger partial charge in [0.05, 0.1) is 6.42 Å². The quantitative estimate of drug-likeness (QED) is 0.548. The maximum absolute atomic E-state index is 13.8. The third-order valence-electron chi connectivity index (χ3n) is 7.77. The third-order valence-corrected chi connectivity index (χ3v) is 7.77. The van der Waals surface area contributed by atoms with Crippen molar-refractivity contribution in [3.8, 4) is 0 Å². The number of aryl methyl sites for hydroxylation is 2. The molecule has 1 atom stereocenters. The van der Waals surface area contributed by atoms with Crippen LogP contribution in [0.5, 0.6) is 0 Å². The Kier molecular flexibility index (Phi) is 8.09. The van der Waals surface area contributed by atoms with Crippen LogP contribution in [0.25, 0.3) is 0 Å². The van der Waals surface area contributed by atoms with Crippen LogP contribution >= 0.6 is 0 Å². The molecule has 1 N–H and O–H groups in total. The number of imide groups is 1. The number of likely N-dealkylation sites (tertiary alicyclic amines) is 1. The van der Waals surface area contributed by atoms with Gasteiger partial charge in [0.15, 0.2) is 0 Å². The van der Waals surface area contributed by atoms with Gasteiger partial charge in [-0.25, -0.2) is 4.79 Å². The molecule has 7 heteroatoms. The second-order valence-corrected chi connectivity index (χ2v) is 10.4. The molecule has 2 saturated heterocycles. The molecular formula is C29H38N4O3. The lowest BCUT2D eigenvalue weighted by atomic mass is 9.74. The van der Waals surface area contributed by atoms with Gasteiger partial charge in [0.2, 0.25) is 5.91 Å². The average molecular weight is 491 g/mol. The molecule has 0 aliphatic carbocycles. The fourth-order valence-corrected chi connectivity index (χ4v) is 5.49.